The summed E-state index contributed by atoms with van der Waals surface area (Å²) in [5.41, 5.74) is 6.53. The Hall–Kier alpha value is -3.66. The molecule has 5 fully saturated rings. The molecule has 334 valence electrons. The zero-order chi connectivity index (χ0) is 42.4. The number of rotatable bonds is 7. The van der Waals surface area contributed by atoms with Crippen molar-refractivity contribution in [3.05, 3.63) is 156 Å². The fourth-order valence-electron chi connectivity index (χ4n) is 17.7. The molecule has 3 heteroatoms. The van der Waals surface area contributed by atoms with Gasteiger partial charge in [0, 0.05) is 35.4 Å². The van der Waals surface area contributed by atoms with Gasteiger partial charge in [0.15, 0.2) is 0 Å². The highest BCUT2D eigenvalue weighted by Gasteiger charge is 2.71. The summed E-state index contributed by atoms with van der Waals surface area (Å²) >= 11 is 0. The Morgan fingerprint density at radius 2 is 1.38 bits per heavy atom. The van der Waals surface area contributed by atoms with Crippen LogP contribution in [-0.4, -0.2) is 46.2 Å². The molecule has 0 aromatic rings. The quantitative estimate of drug-likeness (QED) is 0.237. The molecule has 0 radical (unpaired) electrons. The van der Waals surface area contributed by atoms with Gasteiger partial charge in [-0.1, -0.05) is 167 Å². The van der Waals surface area contributed by atoms with Crippen molar-refractivity contribution in [1.29, 1.82) is 0 Å². The van der Waals surface area contributed by atoms with E-state index in [1.165, 1.54) is 102 Å². The smallest absolute Gasteiger partial charge is 0.0955 e. The highest BCUT2D eigenvalue weighted by atomic mass is 16.5. The van der Waals surface area contributed by atoms with Gasteiger partial charge in [-0.25, -0.2) is 0 Å². The number of hydrogen-bond acceptors (Lipinski definition) is 3. The maximum Gasteiger partial charge on any atom is 0.0955 e. The van der Waals surface area contributed by atoms with Gasteiger partial charge in [-0.3, -0.25) is 4.90 Å². The van der Waals surface area contributed by atoms with E-state index in [0.717, 1.165) is 6.42 Å². The Morgan fingerprint density at radius 3 is 2.23 bits per heavy atom. The lowest BCUT2D eigenvalue weighted by Crippen LogP contribution is -2.60. The minimum atomic E-state index is 0.0957. The topological polar surface area (TPSA) is 15.7 Å². The molecule has 17 unspecified atom stereocenters. The van der Waals surface area contributed by atoms with Crippen molar-refractivity contribution in [3.8, 4) is 0 Å². The van der Waals surface area contributed by atoms with Crippen LogP contribution in [-0.2, 0) is 4.74 Å². The van der Waals surface area contributed by atoms with E-state index in [1.54, 1.807) is 16.8 Å². The van der Waals surface area contributed by atoms with Gasteiger partial charge in [0.2, 0.25) is 0 Å². The largest absolute Gasteiger partial charge is 0.364 e. The summed E-state index contributed by atoms with van der Waals surface area (Å²) in [6, 6.07) is 2.00. The summed E-state index contributed by atoms with van der Waals surface area (Å²) in [4.78, 5) is 6.16. The van der Waals surface area contributed by atoms with E-state index in [9.17, 15) is 0 Å². The van der Waals surface area contributed by atoms with Crippen LogP contribution in [0.4, 0.5) is 0 Å². The van der Waals surface area contributed by atoms with Crippen molar-refractivity contribution >= 4 is 0 Å². The third kappa shape index (κ3) is 6.24. The fraction of sp³-hybridized carbons (Fsp3) is 0.574. The lowest BCUT2D eigenvalue weighted by Gasteiger charge is -2.54. The van der Waals surface area contributed by atoms with E-state index in [0.29, 0.717) is 89.3 Å². The van der Waals surface area contributed by atoms with E-state index in [1.807, 2.05) is 0 Å². The highest BCUT2D eigenvalue weighted by Crippen LogP contribution is 2.74. The van der Waals surface area contributed by atoms with E-state index < -0.39 is 0 Å². The first kappa shape index (κ1) is 40.6. The lowest BCUT2D eigenvalue weighted by molar-refractivity contribution is -0.0692. The summed E-state index contributed by atoms with van der Waals surface area (Å²) in [5, 5.41) is 0. The fourth-order valence-corrected chi connectivity index (χ4v) is 17.7. The number of ether oxygens (including phenoxy) is 1. The van der Waals surface area contributed by atoms with Crippen molar-refractivity contribution in [2.24, 2.45) is 70.5 Å². The van der Waals surface area contributed by atoms with Gasteiger partial charge in [-0.15, -0.1) is 0 Å². The zero-order valence-corrected chi connectivity index (χ0v) is 38.6. The van der Waals surface area contributed by atoms with Gasteiger partial charge in [0.1, 0.15) is 0 Å². The summed E-state index contributed by atoms with van der Waals surface area (Å²) < 4.78 is 7.26. The molecule has 64 heavy (non-hydrogen) atoms. The Balaban J connectivity index is 0.940. The van der Waals surface area contributed by atoms with Gasteiger partial charge in [-0.05, 0) is 152 Å². The molecular weight excluding hydrogens is 777 g/mol. The van der Waals surface area contributed by atoms with E-state index >= 15 is 0 Å². The Morgan fingerprint density at radius 1 is 0.594 bits per heavy atom. The second kappa shape index (κ2) is 16.6. The van der Waals surface area contributed by atoms with Crippen molar-refractivity contribution < 1.29 is 4.74 Å². The average molecular weight is 851 g/mol. The van der Waals surface area contributed by atoms with Crippen molar-refractivity contribution in [2.45, 2.75) is 146 Å². The second-order valence-corrected chi connectivity index (χ2v) is 22.7. The number of fused-ring (bicyclic) bond motifs is 13. The van der Waals surface area contributed by atoms with Gasteiger partial charge in [0.05, 0.1) is 18.2 Å². The number of allylic oxidation sites excluding steroid dienone is 20. The van der Waals surface area contributed by atoms with Gasteiger partial charge >= 0.3 is 0 Å². The van der Waals surface area contributed by atoms with Crippen LogP contribution in [0.5, 0.6) is 0 Å². The molecule has 1 heterocycles. The van der Waals surface area contributed by atoms with Crippen LogP contribution in [0.15, 0.2) is 156 Å². The molecule has 3 nitrogen and oxygen atoms in total. The number of nitrogens with zero attached hydrogens (tertiary/aromatic N) is 2. The third-order valence-corrected chi connectivity index (χ3v) is 20.0. The van der Waals surface area contributed by atoms with Crippen LogP contribution in [0.3, 0.4) is 0 Å². The third-order valence-electron chi connectivity index (χ3n) is 20.0. The monoisotopic (exact) mass is 851 g/mol. The predicted molar refractivity (Wildman–Crippen MR) is 262 cm³/mol. The van der Waals surface area contributed by atoms with Crippen LogP contribution in [0.2, 0.25) is 0 Å². The average Bonchev–Trinajstić information content (AvgIpc) is 4.14. The van der Waals surface area contributed by atoms with Crippen LogP contribution < -0.4 is 0 Å². The summed E-state index contributed by atoms with van der Waals surface area (Å²) in [6.07, 6.45) is 77.6. The molecule has 4 saturated carbocycles. The van der Waals surface area contributed by atoms with Crippen LogP contribution in [0.25, 0.3) is 0 Å². The molecule has 0 aromatic carbocycles. The molecule has 0 bridgehead atoms. The predicted octanol–water partition coefficient (Wildman–Crippen LogP) is 13.6. The molecule has 1 aliphatic heterocycles. The molecule has 1 spiro atoms. The SMILES string of the molecule is CC1CCCCC1N(C1CCC=C2C3C=CC=CC3OC21)C1CC=CC2C1C1C=CC=CC1C21C2C=CC=CC2C2C=CC(N(C3=C(C4CCCCC4)C=CCC3)C3C=CCC3)=CC21. The van der Waals surface area contributed by atoms with E-state index in [4.69, 9.17) is 4.74 Å². The first-order valence-corrected chi connectivity index (χ1v) is 26.8. The summed E-state index contributed by atoms with van der Waals surface area (Å²) in [5.74, 6) is 5.96. The lowest BCUT2D eigenvalue weighted by atomic mass is 9.56. The van der Waals surface area contributed by atoms with Crippen molar-refractivity contribution in [3.63, 3.8) is 0 Å². The molecule has 0 amide bonds. The summed E-state index contributed by atoms with van der Waals surface area (Å²) in [6.45, 7) is 2.62. The van der Waals surface area contributed by atoms with Crippen molar-refractivity contribution in [1.82, 2.24) is 9.80 Å². The molecule has 0 N–H and O–H groups in total. The van der Waals surface area contributed by atoms with E-state index in [2.05, 4.69) is 150 Å². The maximum absolute atomic E-state index is 7.26. The van der Waals surface area contributed by atoms with Gasteiger partial charge in [0.25, 0.3) is 0 Å². The first-order chi connectivity index (χ1) is 31.7. The maximum atomic E-state index is 7.26. The van der Waals surface area contributed by atoms with Gasteiger partial charge in [-0.2, -0.15) is 0 Å². The Bertz CT molecular complexity index is 2240. The molecule has 1 saturated heterocycles. The zero-order valence-electron chi connectivity index (χ0n) is 38.6. The van der Waals surface area contributed by atoms with Crippen LogP contribution >= 0.6 is 0 Å². The van der Waals surface area contributed by atoms with Gasteiger partial charge < -0.3 is 9.64 Å². The van der Waals surface area contributed by atoms with E-state index in [-0.39, 0.29) is 17.6 Å². The molecule has 13 aliphatic rings. The molecule has 0 aromatic heterocycles. The Kier molecular flexibility index (Phi) is 10.5. The normalized spacial score (nSPS) is 45.7. The minimum absolute atomic E-state index is 0.0957. The van der Waals surface area contributed by atoms with Crippen LogP contribution in [0, 0.1) is 70.5 Å². The highest BCUT2D eigenvalue weighted by molar-refractivity contribution is 5.45. The first-order valence-electron chi connectivity index (χ1n) is 26.8. The molecular formula is C61H74N2O. The van der Waals surface area contributed by atoms with Crippen molar-refractivity contribution in [2.75, 3.05) is 0 Å². The molecule has 17 atom stereocenters. The second-order valence-electron chi connectivity index (χ2n) is 22.7. The standard InChI is InChI=1S/C61H74N2O/c1-40-19-5-14-32-54(40)63(57-35-17-28-48-47-26-11-16-36-58(47)64-60(48)57)56-34-18-31-52-59(56)49-27-9-13-30-51(49)61(52)50-29-12-8-25-45(50)46-38-37-43(39-53(46)61)62(42-22-6-7-23-42)55-33-15-10-24-44(55)41-20-3-2-4-21-41/h6,8-13,16,18,22,24-31,36-42,45-47,49-54,56-60H,2-5,7,14-15,17,19-21,23,32-35H2,1H3. The molecule has 12 aliphatic carbocycles. The van der Waals surface area contributed by atoms with Crippen LogP contribution in [0.1, 0.15) is 110 Å². The number of hydrogen-bond donors (Lipinski definition) is 0. The Labute approximate surface area is 385 Å². The molecule has 13 rings (SSSR count). The minimum Gasteiger partial charge on any atom is -0.364 e. The summed E-state index contributed by atoms with van der Waals surface area (Å²) in [7, 11) is 0.